The first kappa shape index (κ1) is 15.0. The largest absolute Gasteiger partial charge is 0.354 e. The molecule has 0 amide bonds. The van der Waals surface area contributed by atoms with Gasteiger partial charge in [0.15, 0.2) is 5.16 Å². The molecule has 2 N–H and O–H groups in total. The van der Waals surface area contributed by atoms with Crippen LogP contribution in [-0.4, -0.2) is 34.3 Å². The molecule has 5 nitrogen and oxygen atoms in total. The summed E-state index contributed by atoms with van der Waals surface area (Å²) in [4.78, 5) is 13.0. The van der Waals surface area contributed by atoms with Gasteiger partial charge in [-0.25, -0.2) is 0 Å². The van der Waals surface area contributed by atoms with Crippen LogP contribution in [0.5, 0.6) is 0 Å². The molecule has 0 unspecified atom stereocenters. The van der Waals surface area contributed by atoms with Gasteiger partial charge in [-0.15, -0.1) is 0 Å². The van der Waals surface area contributed by atoms with Crippen molar-refractivity contribution in [2.45, 2.75) is 32.9 Å². The van der Waals surface area contributed by atoms with Crippen LogP contribution in [0.2, 0.25) is 0 Å². The van der Waals surface area contributed by atoms with E-state index in [9.17, 15) is 0 Å². The number of hydrogen-bond donors (Lipinski definition) is 2. The average molecular weight is 269 g/mol. The summed E-state index contributed by atoms with van der Waals surface area (Å²) < 4.78 is 0. The maximum atomic E-state index is 4.37. The molecule has 0 fully saturated rings. The molecule has 0 radical (unpaired) electrons. The molecule has 18 heavy (non-hydrogen) atoms. The smallest absolute Gasteiger partial charge is 0.228 e. The molecule has 1 aromatic heterocycles. The van der Waals surface area contributed by atoms with Gasteiger partial charge in [0.2, 0.25) is 11.9 Å². The lowest BCUT2D eigenvalue weighted by atomic mass is 10.2. The fourth-order valence-electron chi connectivity index (χ4n) is 1.20. The predicted octanol–water partition coefficient (Wildman–Crippen LogP) is 2.73. The van der Waals surface area contributed by atoms with E-state index in [4.69, 9.17) is 0 Å². The lowest BCUT2D eigenvalue weighted by Crippen LogP contribution is -2.15. The van der Waals surface area contributed by atoms with Crippen LogP contribution in [0.4, 0.5) is 11.9 Å². The third-order valence-electron chi connectivity index (χ3n) is 2.13. The molecule has 1 heterocycles. The highest BCUT2D eigenvalue weighted by Crippen LogP contribution is 2.14. The first-order chi connectivity index (χ1) is 8.51. The molecule has 6 heteroatoms. The van der Waals surface area contributed by atoms with Crippen LogP contribution < -0.4 is 10.6 Å². The quantitative estimate of drug-likeness (QED) is 0.742. The third kappa shape index (κ3) is 5.53. The second kappa shape index (κ2) is 7.41. The summed E-state index contributed by atoms with van der Waals surface area (Å²) in [6, 6.07) is 0. The Morgan fingerprint density at radius 1 is 0.889 bits per heavy atom. The van der Waals surface area contributed by atoms with E-state index in [2.05, 4.69) is 53.3 Å². The van der Waals surface area contributed by atoms with Gasteiger partial charge in [-0.1, -0.05) is 39.5 Å². The van der Waals surface area contributed by atoms with Crippen molar-refractivity contribution in [3.8, 4) is 0 Å². The normalized spacial score (nSPS) is 11.1. The zero-order valence-electron chi connectivity index (χ0n) is 11.8. The minimum absolute atomic E-state index is 0.562. The van der Waals surface area contributed by atoms with Crippen LogP contribution >= 0.6 is 11.8 Å². The molecule has 0 bridgehead atoms. The van der Waals surface area contributed by atoms with Crippen molar-refractivity contribution in [2.75, 3.05) is 30.0 Å². The van der Waals surface area contributed by atoms with E-state index in [1.54, 1.807) is 0 Å². The summed E-state index contributed by atoms with van der Waals surface area (Å²) in [6.45, 7) is 10.3. The zero-order valence-corrected chi connectivity index (χ0v) is 12.6. The highest BCUT2D eigenvalue weighted by atomic mass is 32.2. The fourth-order valence-corrected chi connectivity index (χ4v) is 1.55. The Hall–Kier alpha value is -1.04. The molecule has 0 atom stereocenters. The van der Waals surface area contributed by atoms with Gasteiger partial charge >= 0.3 is 0 Å². The minimum Gasteiger partial charge on any atom is -0.354 e. The van der Waals surface area contributed by atoms with Gasteiger partial charge in [-0.05, 0) is 18.1 Å². The van der Waals surface area contributed by atoms with E-state index in [0.29, 0.717) is 23.7 Å². The van der Waals surface area contributed by atoms with Crippen LogP contribution in [0.3, 0.4) is 0 Å². The Balaban J connectivity index is 2.74. The van der Waals surface area contributed by atoms with E-state index in [1.165, 1.54) is 11.8 Å². The summed E-state index contributed by atoms with van der Waals surface area (Å²) in [5.41, 5.74) is 0. The summed E-state index contributed by atoms with van der Waals surface area (Å²) in [5, 5.41) is 7.20. The molecule has 0 saturated carbocycles. The van der Waals surface area contributed by atoms with E-state index < -0.39 is 0 Å². The summed E-state index contributed by atoms with van der Waals surface area (Å²) in [5.74, 6) is 2.42. The highest BCUT2D eigenvalue weighted by molar-refractivity contribution is 7.98. The Kier molecular flexibility index (Phi) is 6.18. The van der Waals surface area contributed by atoms with Crippen LogP contribution in [0.1, 0.15) is 27.7 Å². The average Bonchev–Trinajstić information content (AvgIpc) is 2.33. The number of nitrogens with zero attached hydrogens (tertiary/aromatic N) is 3. The van der Waals surface area contributed by atoms with Gasteiger partial charge in [0.1, 0.15) is 0 Å². The topological polar surface area (TPSA) is 62.7 Å². The summed E-state index contributed by atoms with van der Waals surface area (Å²) in [6.07, 6.45) is 1.97. The standard InChI is InChI=1S/C12H23N5S/c1-8(2)6-13-10-15-11(14-7-9(3)4)17-12(16-10)18-5/h8-9H,6-7H2,1-5H3,(H2,13,14,15,16,17). The van der Waals surface area contributed by atoms with Crippen LogP contribution in [0.25, 0.3) is 0 Å². The molecule has 0 aliphatic heterocycles. The van der Waals surface area contributed by atoms with E-state index >= 15 is 0 Å². The first-order valence-electron chi connectivity index (χ1n) is 6.29. The first-order valence-corrected chi connectivity index (χ1v) is 7.51. The van der Waals surface area contributed by atoms with Crippen molar-refractivity contribution >= 4 is 23.7 Å². The van der Waals surface area contributed by atoms with Crippen molar-refractivity contribution in [3.05, 3.63) is 0 Å². The van der Waals surface area contributed by atoms with Gasteiger partial charge in [0.05, 0.1) is 0 Å². The molecule has 0 aromatic carbocycles. The van der Waals surface area contributed by atoms with Crippen LogP contribution in [0, 0.1) is 11.8 Å². The molecule has 0 aliphatic rings. The Morgan fingerprint density at radius 2 is 1.33 bits per heavy atom. The van der Waals surface area contributed by atoms with Crippen molar-refractivity contribution < 1.29 is 0 Å². The molecule has 102 valence electrons. The second-order valence-electron chi connectivity index (χ2n) is 5.02. The third-order valence-corrected chi connectivity index (χ3v) is 2.68. The summed E-state index contributed by atoms with van der Waals surface area (Å²) >= 11 is 1.52. The number of anilines is 2. The second-order valence-corrected chi connectivity index (χ2v) is 5.79. The van der Waals surface area contributed by atoms with Gasteiger partial charge in [0, 0.05) is 13.1 Å². The van der Waals surface area contributed by atoms with Gasteiger partial charge in [0.25, 0.3) is 0 Å². The van der Waals surface area contributed by atoms with Crippen molar-refractivity contribution in [1.82, 2.24) is 15.0 Å². The SMILES string of the molecule is CSc1nc(NCC(C)C)nc(NCC(C)C)n1. The number of hydrogen-bond acceptors (Lipinski definition) is 6. The van der Waals surface area contributed by atoms with Crippen molar-refractivity contribution in [2.24, 2.45) is 11.8 Å². The van der Waals surface area contributed by atoms with Crippen molar-refractivity contribution in [3.63, 3.8) is 0 Å². The molecule has 0 saturated heterocycles. The Bertz CT molecular complexity index is 337. The summed E-state index contributed by atoms with van der Waals surface area (Å²) in [7, 11) is 0. The number of nitrogens with one attached hydrogen (secondary N) is 2. The predicted molar refractivity (Wildman–Crippen MR) is 78.3 cm³/mol. The Morgan fingerprint density at radius 3 is 1.67 bits per heavy atom. The fraction of sp³-hybridized carbons (Fsp3) is 0.750. The molecular weight excluding hydrogens is 246 g/mol. The molecular formula is C12H23N5S. The van der Waals surface area contributed by atoms with Gasteiger partial charge < -0.3 is 10.6 Å². The molecule has 1 rings (SSSR count). The minimum atomic E-state index is 0.562. The van der Waals surface area contributed by atoms with Gasteiger partial charge in [-0.2, -0.15) is 15.0 Å². The van der Waals surface area contributed by atoms with Crippen LogP contribution in [0.15, 0.2) is 5.16 Å². The molecule has 1 aromatic rings. The van der Waals surface area contributed by atoms with Crippen LogP contribution in [-0.2, 0) is 0 Å². The number of thioether (sulfide) groups is 1. The monoisotopic (exact) mass is 269 g/mol. The zero-order chi connectivity index (χ0) is 13.5. The molecule has 0 spiro atoms. The highest BCUT2D eigenvalue weighted by Gasteiger charge is 2.06. The lowest BCUT2D eigenvalue weighted by molar-refractivity contribution is 0.675. The maximum Gasteiger partial charge on any atom is 0.228 e. The maximum absolute atomic E-state index is 4.37. The van der Waals surface area contributed by atoms with Gasteiger partial charge in [-0.3, -0.25) is 0 Å². The number of aromatic nitrogens is 3. The van der Waals surface area contributed by atoms with E-state index in [0.717, 1.165) is 18.2 Å². The molecule has 0 aliphatic carbocycles. The van der Waals surface area contributed by atoms with E-state index in [-0.39, 0.29) is 0 Å². The Labute approximate surface area is 114 Å². The van der Waals surface area contributed by atoms with E-state index in [1.807, 2.05) is 6.26 Å². The number of rotatable bonds is 7. The lowest BCUT2D eigenvalue weighted by Gasteiger charge is -2.11. The van der Waals surface area contributed by atoms with Crippen molar-refractivity contribution in [1.29, 1.82) is 0 Å².